The van der Waals surface area contributed by atoms with E-state index in [2.05, 4.69) is 4.99 Å². The molecule has 27 heavy (non-hydrogen) atoms. The van der Waals surface area contributed by atoms with Gasteiger partial charge in [-0.15, -0.1) is 0 Å². The number of aliphatic imine (C=N–C) groups is 1. The normalized spacial score (nSPS) is 22.3. The third kappa shape index (κ3) is 4.30. The van der Waals surface area contributed by atoms with E-state index in [0.29, 0.717) is 35.9 Å². The van der Waals surface area contributed by atoms with Crippen molar-refractivity contribution in [1.29, 1.82) is 0 Å². The Morgan fingerprint density at radius 1 is 1.26 bits per heavy atom. The second-order valence-corrected chi connectivity index (χ2v) is 7.20. The van der Waals surface area contributed by atoms with E-state index in [1.807, 2.05) is 25.1 Å². The zero-order chi connectivity index (χ0) is 19.4. The summed E-state index contributed by atoms with van der Waals surface area (Å²) in [4.78, 5) is 30.2. The van der Waals surface area contributed by atoms with Crippen LogP contribution in [0.5, 0.6) is 0 Å². The molecule has 5 nitrogen and oxygen atoms in total. The van der Waals surface area contributed by atoms with Crippen molar-refractivity contribution in [2.45, 2.75) is 39.0 Å². The highest BCUT2D eigenvalue weighted by atomic mass is 35.5. The number of carbonyl (C=O) groups excluding carboxylic acids is 2. The predicted molar refractivity (Wildman–Crippen MR) is 104 cm³/mol. The molecule has 0 amide bonds. The molecule has 1 aromatic rings. The first-order valence-electron chi connectivity index (χ1n) is 9.34. The van der Waals surface area contributed by atoms with E-state index in [0.717, 1.165) is 24.1 Å². The topological polar surface area (TPSA) is 65.0 Å². The fourth-order valence-electron chi connectivity index (χ4n) is 3.86. The molecule has 1 heterocycles. The minimum absolute atomic E-state index is 0.122. The molecular weight excluding hydrogens is 366 g/mol. The van der Waals surface area contributed by atoms with Crippen LogP contribution >= 0.6 is 11.6 Å². The number of ketones is 1. The van der Waals surface area contributed by atoms with Gasteiger partial charge in [0.15, 0.2) is 0 Å². The number of rotatable bonds is 6. The maximum atomic E-state index is 12.9. The summed E-state index contributed by atoms with van der Waals surface area (Å²) in [7, 11) is 0. The van der Waals surface area contributed by atoms with E-state index in [9.17, 15) is 9.59 Å². The summed E-state index contributed by atoms with van der Waals surface area (Å²) in [6.07, 6.45) is 2.09. The molecule has 1 fully saturated rings. The van der Waals surface area contributed by atoms with Crippen LogP contribution in [0.4, 0.5) is 0 Å². The lowest BCUT2D eigenvalue weighted by Gasteiger charge is -2.35. The number of allylic oxidation sites excluding steroid dienone is 1. The predicted octanol–water partition coefficient (Wildman–Crippen LogP) is 4.10. The Hall–Kier alpha value is -1.98. The van der Waals surface area contributed by atoms with Crippen molar-refractivity contribution in [3.63, 3.8) is 0 Å². The standard InChI is InChI=1S/C21H24ClNO4/c1-3-26-10-11-27-21(25)18-13(2)23-16-8-5-9-17(24)20(16)19(18)14-6-4-7-15(22)12-14/h4,6-7,12,19-20H,3,5,8-11H2,1-2H3/t19-,20+/m0/s1. The van der Waals surface area contributed by atoms with Crippen LogP contribution in [0.1, 0.15) is 44.6 Å². The largest absolute Gasteiger partial charge is 0.460 e. The number of hydrogen-bond acceptors (Lipinski definition) is 5. The van der Waals surface area contributed by atoms with E-state index in [1.54, 1.807) is 13.0 Å². The van der Waals surface area contributed by atoms with Gasteiger partial charge in [0.2, 0.25) is 0 Å². The van der Waals surface area contributed by atoms with E-state index in [-0.39, 0.29) is 12.4 Å². The molecule has 0 unspecified atom stereocenters. The first-order chi connectivity index (χ1) is 13.0. The fourth-order valence-corrected chi connectivity index (χ4v) is 4.06. The van der Waals surface area contributed by atoms with Gasteiger partial charge in [-0.2, -0.15) is 0 Å². The number of carbonyl (C=O) groups is 2. The first-order valence-corrected chi connectivity index (χ1v) is 9.72. The highest BCUT2D eigenvalue weighted by Gasteiger charge is 2.43. The summed E-state index contributed by atoms with van der Waals surface area (Å²) >= 11 is 6.19. The molecule has 0 spiro atoms. The van der Waals surface area contributed by atoms with Gasteiger partial charge >= 0.3 is 5.97 Å². The lowest BCUT2D eigenvalue weighted by molar-refractivity contribution is -0.141. The molecule has 6 heteroatoms. The molecule has 2 atom stereocenters. The molecule has 1 aliphatic carbocycles. The Balaban J connectivity index is 1.99. The second kappa shape index (κ2) is 8.81. The van der Waals surface area contributed by atoms with Crippen LogP contribution in [-0.4, -0.2) is 37.3 Å². The van der Waals surface area contributed by atoms with E-state index in [4.69, 9.17) is 21.1 Å². The quantitative estimate of drug-likeness (QED) is 0.542. The van der Waals surface area contributed by atoms with Gasteiger partial charge in [-0.3, -0.25) is 9.79 Å². The average Bonchev–Trinajstić information content (AvgIpc) is 2.64. The second-order valence-electron chi connectivity index (χ2n) is 6.77. The van der Waals surface area contributed by atoms with Crippen molar-refractivity contribution in [3.8, 4) is 0 Å². The minimum atomic E-state index is -0.446. The average molecular weight is 390 g/mol. The van der Waals surface area contributed by atoms with Gasteiger partial charge in [-0.05, 0) is 44.4 Å². The summed E-state index contributed by atoms with van der Waals surface area (Å²) in [5, 5.41) is 0.571. The lowest BCUT2D eigenvalue weighted by atomic mass is 9.69. The van der Waals surface area contributed by atoms with Crippen molar-refractivity contribution in [1.82, 2.24) is 0 Å². The Kier molecular flexibility index (Phi) is 6.45. The number of fused-ring (bicyclic) bond motifs is 1. The first kappa shape index (κ1) is 19.8. The molecule has 3 rings (SSSR count). The van der Waals surface area contributed by atoms with Crippen LogP contribution in [-0.2, 0) is 19.1 Å². The third-order valence-electron chi connectivity index (χ3n) is 5.00. The molecule has 0 N–H and O–H groups in total. The monoisotopic (exact) mass is 389 g/mol. The van der Waals surface area contributed by atoms with Gasteiger partial charge in [-0.1, -0.05) is 23.7 Å². The maximum Gasteiger partial charge on any atom is 0.336 e. The number of halogens is 1. The highest BCUT2D eigenvalue weighted by molar-refractivity contribution is 6.30. The van der Waals surface area contributed by atoms with Crippen LogP contribution in [0.25, 0.3) is 0 Å². The van der Waals surface area contributed by atoms with Crippen LogP contribution in [0.2, 0.25) is 5.02 Å². The highest BCUT2D eigenvalue weighted by Crippen LogP contribution is 2.43. The van der Waals surface area contributed by atoms with Gasteiger partial charge in [0.1, 0.15) is 12.4 Å². The van der Waals surface area contributed by atoms with Gasteiger partial charge in [0.05, 0.1) is 18.1 Å². The molecule has 1 aromatic carbocycles. The van der Waals surface area contributed by atoms with E-state index >= 15 is 0 Å². The molecule has 1 saturated carbocycles. The molecule has 144 valence electrons. The van der Waals surface area contributed by atoms with Crippen molar-refractivity contribution in [3.05, 3.63) is 46.1 Å². The number of nitrogens with zero attached hydrogens (tertiary/aromatic N) is 1. The molecular formula is C21H24ClNO4. The van der Waals surface area contributed by atoms with Crippen molar-refractivity contribution >= 4 is 29.1 Å². The summed E-state index contributed by atoms with van der Waals surface area (Å²) in [5.41, 5.74) is 2.76. The van der Waals surface area contributed by atoms with Crippen LogP contribution in [0.15, 0.2) is 40.5 Å². The van der Waals surface area contributed by atoms with Gasteiger partial charge in [0.25, 0.3) is 0 Å². The number of esters is 1. The lowest BCUT2D eigenvalue weighted by Crippen LogP contribution is -2.39. The smallest absolute Gasteiger partial charge is 0.336 e. The molecule has 0 aromatic heterocycles. The number of hydrogen-bond donors (Lipinski definition) is 0. The minimum Gasteiger partial charge on any atom is -0.460 e. The van der Waals surface area contributed by atoms with Crippen molar-refractivity contribution in [2.24, 2.45) is 10.9 Å². The van der Waals surface area contributed by atoms with Gasteiger partial charge in [0, 0.05) is 35.4 Å². The Bertz CT molecular complexity index is 799. The summed E-state index contributed by atoms with van der Waals surface area (Å²) < 4.78 is 10.7. The summed E-state index contributed by atoms with van der Waals surface area (Å²) in [5.74, 6) is -1.16. The maximum absolute atomic E-state index is 12.9. The molecule has 1 aliphatic heterocycles. The number of ether oxygens (including phenoxy) is 2. The summed E-state index contributed by atoms with van der Waals surface area (Å²) in [6.45, 7) is 4.76. The third-order valence-corrected chi connectivity index (χ3v) is 5.24. The van der Waals surface area contributed by atoms with Crippen molar-refractivity contribution in [2.75, 3.05) is 19.8 Å². The van der Waals surface area contributed by atoms with Gasteiger partial charge in [-0.25, -0.2) is 4.79 Å². The van der Waals surface area contributed by atoms with E-state index in [1.165, 1.54) is 0 Å². The Morgan fingerprint density at radius 2 is 2.07 bits per heavy atom. The van der Waals surface area contributed by atoms with Gasteiger partial charge < -0.3 is 9.47 Å². The van der Waals surface area contributed by atoms with Crippen LogP contribution < -0.4 is 0 Å². The molecule has 0 saturated heterocycles. The van der Waals surface area contributed by atoms with Crippen LogP contribution in [0, 0.1) is 5.92 Å². The summed E-state index contributed by atoms with van der Waals surface area (Å²) in [6, 6.07) is 7.34. The zero-order valence-corrected chi connectivity index (χ0v) is 16.4. The SMILES string of the molecule is CCOCCOC(=O)C1=C(C)N=C2CCCC(=O)[C@@H]2[C@H]1c1cccc(Cl)c1. The zero-order valence-electron chi connectivity index (χ0n) is 15.7. The fraction of sp³-hybridized carbons (Fsp3) is 0.476. The molecule has 2 aliphatic rings. The van der Waals surface area contributed by atoms with Crippen molar-refractivity contribution < 1.29 is 19.1 Å². The molecule has 0 radical (unpaired) electrons. The Labute approximate surface area is 164 Å². The number of Topliss-reactive ketones (excluding diaryl/α,β-unsaturated/α-hetero) is 1. The van der Waals surface area contributed by atoms with Crippen LogP contribution in [0.3, 0.4) is 0 Å². The molecule has 0 bridgehead atoms. The Morgan fingerprint density at radius 3 is 2.81 bits per heavy atom. The number of benzene rings is 1. The van der Waals surface area contributed by atoms with E-state index < -0.39 is 17.8 Å².